The molecule has 0 fully saturated rings. The highest BCUT2D eigenvalue weighted by atomic mass is 14.8. The van der Waals surface area contributed by atoms with Gasteiger partial charge in [0.05, 0.1) is 0 Å². The predicted octanol–water partition coefficient (Wildman–Crippen LogP) is 3.43. The van der Waals surface area contributed by atoms with Gasteiger partial charge in [0.25, 0.3) is 0 Å². The fourth-order valence-corrected chi connectivity index (χ4v) is 1.63. The zero-order valence-corrected chi connectivity index (χ0v) is 9.43. The van der Waals surface area contributed by atoms with Gasteiger partial charge >= 0.3 is 0 Å². The second-order valence-electron chi connectivity index (χ2n) is 3.38. The molecule has 3 aromatic heterocycles. The van der Waals surface area contributed by atoms with E-state index in [1.807, 2.05) is 36.8 Å². The third-order valence-corrected chi connectivity index (χ3v) is 2.39. The van der Waals surface area contributed by atoms with Crippen molar-refractivity contribution in [2.24, 2.45) is 0 Å². The molecule has 0 spiro atoms. The molecule has 17 heavy (non-hydrogen) atoms. The van der Waals surface area contributed by atoms with Crippen molar-refractivity contribution in [3.05, 3.63) is 62.2 Å². The van der Waals surface area contributed by atoms with Gasteiger partial charge in [0.1, 0.15) is 5.65 Å². The number of aromatic amines is 1. The van der Waals surface area contributed by atoms with Crippen molar-refractivity contribution in [1.29, 1.82) is 0 Å². The molecule has 1 N–H and O–H groups in total. The first-order valence-electron chi connectivity index (χ1n) is 5.27. The van der Waals surface area contributed by atoms with Crippen molar-refractivity contribution < 1.29 is 0 Å². The molecule has 0 unspecified atom stereocenters. The van der Waals surface area contributed by atoms with Crippen LogP contribution in [0.5, 0.6) is 0 Å². The minimum Gasteiger partial charge on any atom is -0.346 e. The number of H-pyrrole nitrogens is 1. The Morgan fingerprint density at radius 2 is 1.94 bits per heavy atom. The van der Waals surface area contributed by atoms with Gasteiger partial charge in [-0.05, 0) is 18.2 Å². The molecule has 0 aliphatic heterocycles. The van der Waals surface area contributed by atoms with Crippen LogP contribution >= 0.6 is 0 Å². The van der Waals surface area contributed by atoms with E-state index in [-0.39, 0.29) is 0 Å². The zero-order chi connectivity index (χ0) is 12.1. The van der Waals surface area contributed by atoms with Crippen molar-refractivity contribution in [2.75, 3.05) is 0 Å². The minimum absolute atomic E-state index is 0.919. The Balaban J connectivity index is 0.000000514. The van der Waals surface area contributed by atoms with E-state index in [0.29, 0.717) is 0 Å². The highest BCUT2D eigenvalue weighted by Gasteiger charge is 2.00. The van der Waals surface area contributed by atoms with Gasteiger partial charge in [-0.3, -0.25) is 4.98 Å². The lowest BCUT2D eigenvalue weighted by atomic mass is 10.1. The van der Waals surface area contributed by atoms with Crippen LogP contribution in [0.4, 0.5) is 0 Å². The van der Waals surface area contributed by atoms with Crippen molar-refractivity contribution >= 4 is 11.0 Å². The standard InChI is InChI=1S/C12H9N3.C2H4/c1-2-10(7-13-4-1)11-6-9-3-5-14-12(9)15-8-11;1-2/h1-8H,(H,14,15);1-2H2. The monoisotopic (exact) mass is 223 g/mol. The number of hydrogen-bond acceptors (Lipinski definition) is 2. The molecular formula is C14H13N3. The molecule has 0 aliphatic rings. The van der Waals surface area contributed by atoms with Crippen LogP contribution in [0.3, 0.4) is 0 Å². The molecule has 0 radical (unpaired) electrons. The normalized spacial score (nSPS) is 9.65. The van der Waals surface area contributed by atoms with E-state index in [9.17, 15) is 0 Å². The Labute approximate surface area is 99.9 Å². The summed E-state index contributed by atoms with van der Waals surface area (Å²) in [6.07, 6.45) is 7.36. The number of fused-ring (bicyclic) bond motifs is 1. The van der Waals surface area contributed by atoms with Crippen LogP contribution < -0.4 is 0 Å². The van der Waals surface area contributed by atoms with Gasteiger partial charge in [0, 0.05) is 41.3 Å². The fourth-order valence-electron chi connectivity index (χ4n) is 1.63. The molecule has 0 aromatic carbocycles. The summed E-state index contributed by atoms with van der Waals surface area (Å²) in [5.41, 5.74) is 3.10. The van der Waals surface area contributed by atoms with Crippen LogP contribution in [0.15, 0.2) is 62.2 Å². The number of rotatable bonds is 1. The number of pyridine rings is 2. The molecule has 0 saturated heterocycles. The highest BCUT2D eigenvalue weighted by Crippen LogP contribution is 2.20. The third kappa shape index (κ3) is 2.23. The van der Waals surface area contributed by atoms with Crippen LogP contribution in [-0.4, -0.2) is 15.0 Å². The van der Waals surface area contributed by atoms with E-state index >= 15 is 0 Å². The summed E-state index contributed by atoms with van der Waals surface area (Å²) in [5.74, 6) is 0. The van der Waals surface area contributed by atoms with Crippen LogP contribution in [0, 0.1) is 0 Å². The Bertz CT molecular complexity index is 599. The average molecular weight is 223 g/mol. The van der Waals surface area contributed by atoms with Crippen molar-refractivity contribution in [3.63, 3.8) is 0 Å². The van der Waals surface area contributed by atoms with E-state index in [2.05, 4.69) is 34.2 Å². The molecule has 0 atom stereocenters. The van der Waals surface area contributed by atoms with E-state index in [1.165, 1.54) is 0 Å². The van der Waals surface area contributed by atoms with E-state index < -0.39 is 0 Å². The first kappa shape index (κ1) is 11.1. The van der Waals surface area contributed by atoms with E-state index in [0.717, 1.165) is 22.2 Å². The quantitative estimate of drug-likeness (QED) is 0.642. The summed E-state index contributed by atoms with van der Waals surface area (Å²) in [6.45, 7) is 6.00. The lowest BCUT2D eigenvalue weighted by molar-refractivity contribution is 1.30. The van der Waals surface area contributed by atoms with Gasteiger partial charge < -0.3 is 4.98 Å². The van der Waals surface area contributed by atoms with Crippen LogP contribution in [0.2, 0.25) is 0 Å². The van der Waals surface area contributed by atoms with Gasteiger partial charge in [-0.1, -0.05) is 6.07 Å². The van der Waals surface area contributed by atoms with Crippen LogP contribution in [-0.2, 0) is 0 Å². The third-order valence-electron chi connectivity index (χ3n) is 2.39. The molecule has 84 valence electrons. The van der Waals surface area contributed by atoms with Crippen LogP contribution in [0.1, 0.15) is 0 Å². The number of nitrogens with zero attached hydrogens (tertiary/aromatic N) is 2. The van der Waals surface area contributed by atoms with Crippen molar-refractivity contribution in [3.8, 4) is 11.1 Å². The van der Waals surface area contributed by atoms with Gasteiger partial charge in [-0.2, -0.15) is 0 Å². The second-order valence-corrected chi connectivity index (χ2v) is 3.38. The van der Waals surface area contributed by atoms with E-state index in [4.69, 9.17) is 0 Å². The average Bonchev–Trinajstić information content (AvgIpc) is 2.89. The number of aromatic nitrogens is 3. The Kier molecular flexibility index (Phi) is 3.31. The predicted molar refractivity (Wildman–Crippen MR) is 70.6 cm³/mol. The van der Waals surface area contributed by atoms with E-state index in [1.54, 1.807) is 6.20 Å². The summed E-state index contributed by atoms with van der Waals surface area (Å²) in [6, 6.07) is 8.08. The number of nitrogens with one attached hydrogen (secondary N) is 1. The molecule has 3 heterocycles. The van der Waals surface area contributed by atoms with Crippen LogP contribution in [0.25, 0.3) is 22.2 Å². The molecule has 0 aliphatic carbocycles. The summed E-state index contributed by atoms with van der Waals surface area (Å²) in [7, 11) is 0. The largest absolute Gasteiger partial charge is 0.346 e. The summed E-state index contributed by atoms with van der Waals surface area (Å²) in [5, 5.41) is 1.12. The maximum atomic E-state index is 4.33. The summed E-state index contributed by atoms with van der Waals surface area (Å²) in [4.78, 5) is 11.5. The Hall–Kier alpha value is -2.42. The SMILES string of the molecule is C=C.c1cncc(-c2cnc3[nH]ccc3c2)c1. The lowest BCUT2D eigenvalue weighted by Crippen LogP contribution is -1.82. The maximum absolute atomic E-state index is 4.33. The number of hydrogen-bond donors (Lipinski definition) is 1. The molecule has 3 aromatic rings. The molecular weight excluding hydrogens is 210 g/mol. The summed E-state index contributed by atoms with van der Waals surface area (Å²) >= 11 is 0. The molecule has 0 saturated carbocycles. The smallest absolute Gasteiger partial charge is 0.137 e. The zero-order valence-electron chi connectivity index (χ0n) is 9.43. The Morgan fingerprint density at radius 3 is 2.71 bits per heavy atom. The molecule has 3 heteroatoms. The lowest BCUT2D eigenvalue weighted by Gasteiger charge is -1.99. The summed E-state index contributed by atoms with van der Waals surface area (Å²) < 4.78 is 0. The van der Waals surface area contributed by atoms with Gasteiger partial charge in [0.15, 0.2) is 0 Å². The molecule has 3 nitrogen and oxygen atoms in total. The maximum Gasteiger partial charge on any atom is 0.137 e. The first-order valence-corrected chi connectivity index (χ1v) is 5.27. The highest BCUT2D eigenvalue weighted by molar-refractivity contribution is 5.81. The van der Waals surface area contributed by atoms with Gasteiger partial charge in [-0.15, -0.1) is 13.2 Å². The second kappa shape index (κ2) is 5.07. The topological polar surface area (TPSA) is 41.6 Å². The van der Waals surface area contributed by atoms with Gasteiger partial charge in [0.2, 0.25) is 0 Å². The molecule has 3 rings (SSSR count). The minimum atomic E-state index is 0.919. The van der Waals surface area contributed by atoms with Crippen molar-refractivity contribution in [2.45, 2.75) is 0 Å². The van der Waals surface area contributed by atoms with Crippen molar-refractivity contribution in [1.82, 2.24) is 15.0 Å². The fraction of sp³-hybridized carbons (Fsp3) is 0. The molecule has 0 amide bonds. The Morgan fingerprint density at radius 1 is 1.06 bits per heavy atom. The molecule has 0 bridgehead atoms. The van der Waals surface area contributed by atoms with Gasteiger partial charge in [-0.25, -0.2) is 4.98 Å². The first-order chi connectivity index (χ1) is 8.43.